The molecule has 0 saturated heterocycles. The zero-order valence-corrected chi connectivity index (χ0v) is 10.1. The minimum Gasteiger partial charge on any atom is -0.480 e. The largest absolute Gasteiger partial charge is 0.480 e. The Bertz CT molecular complexity index is 406. The zero-order chi connectivity index (χ0) is 12.8. The van der Waals surface area contributed by atoms with E-state index in [2.05, 4.69) is 10.3 Å². The van der Waals surface area contributed by atoms with E-state index in [0.29, 0.717) is 12.8 Å². The number of nitrogens with zero attached hydrogens (tertiary/aromatic N) is 1. The minimum absolute atomic E-state index is 0.282. The molecular formula is C11H13ClN2O3. The molecule has 92 valence electrons. The Kier molecular flexibility index (Phi) is 4.90. The van der Waals surface area contributed by atoms with Gasteiger partial charge in [0.2, 0.25) is 0 Å². The van der Waals surface area contributed by atoms with E-state index in [0.717, 1.165) is 0 Å². The van der Waals surface area contributed by atoms with Gasteiger partial charge in [0.15, 0.2) is 0 Å². The first kappa shape index (κ1) is 13.4. The van der Waals surface area contributed by atoms with Gasteiger partial charge in [0.1, 0.15) is 11.2 Å². The van der Waals surface area contributed by atoms with Crippen LogP contribution in [0.3, 0.4) is 0 Å². The van der Waals surface area contributed by atoms with Crippen LogP contribution in [0.25, 0.3) is 0 Å². The molecule has 0 aliphatic heterocycles. The molecule has 0 radical (unpaired) electrons. The molecule has 17 heavy (non-hydrogen) atoms. The second kappa shape index (κ2) is 6.20. The van der Waals surface area contributed by atoms with Crippen molar-refractivity contribution >= 4 is 23.5 Å². The minimum atomic E-state index is -1.04. The van der Waals surface area contributed by atoms with Crippen molar-refractivity contribution in [2.45, 2.75) is 25.8 Å². The third-order valence-corrected chi connectivity index (χ3v) is 2.39. The highest BCUT2D eigenvalue weighted by Crippen LogP contribution is 2.06. The first-order valence-electron chi connectivity index (χ1n) is 5.19. The fourth-order valence-corrected chi connectivity index (χ4v) is 1.41. The van der Waals surface area contributed by atoms with Crippen LogP contribution in [0.5, 0.6) is 0 Å². The van der Waals surface area contributed by atoms with Crippen LogP contribution in [-0.4, -0.2) is 28.0 Å². The van der Waals surface area contributed by atoms with Crippen molar-refractivity contribution in [3.8, 4) is 0 Å². The van der Waals surface area contributed by atoms with E-state index in [9.17, 15) is 9.59 Å². The molecule has 1 aromatic heterocycles. The van der Waals surface area contributed by atoms with Crippen LogP contribution >= 0.6 is 11.6 Å². The number of nitrogens with one attached hydrogen (secondary N) is 1. The lowest BCUT2D eigenvalue weighted by Gasteiger charge is -2.13. The molecule has 0 spiro atoms. The summed E-state index contributed by atoms with van der Waals surface area (Å²) < 4.78 is 0. The first-order valence-corrected chi connectivity index (χ1v) is 5.57. The summed E-state index contributed by atoms with van der Waals surface area (Å²) >= 11 is 5.59. The topological polar surface area (TPSA) is 79.3 Å². The number of carboxylic acids is 1. The lowest BCUT2D eigenvalue weighted by atomic mass is 10.1. The van der Waals surface area contributed by atoms with Gasteiger partial charge in [-0.25, -0.2) is 9.78 Å². The van der Waals surface area contributed by atoms with E-state index < -0.39 is 17.9 Å². The standard InChI is InChI=1S/C11H13ClN2O3/c1-2-3-8(11(16)17)14-10(15)7-4-5-9(12)13-6-7/h4-6,8H,2-3H2,1H3,(H,14,15)(H,16,17). The van der Waals surface area contributed by atoms with Crippen molar-refractivity contribution in [1.82, 2.24) is 10.3 Å². The molecule has 0 aromatic carbocycles. The molecule has 2 N–H and O–H groups in total. The zero-order valence-electron chi connectivity index (χ0n) is 9.31. The highest BCUT2D eigenvalue weighted by molar-refractivity contribution is 6.29. The Labute approximate surface area is 104 Å². The van der Waals surface area contributed by atoms with Crippen molar-refractivity contribution in [2.24, 2.45) is 0 Å². The van der Waals surface area contributed by atoms with Crippen molar-refractivity contribution in [2.75, 3.05) is 0 Å². The maximum Gasteiger partial charge on any atom is 0.326 e. The van der Waals surface area contributed by atoms with Crippen LogP contribution in [0.4, 0.5) is 0 Å². The molecule has 0 bridgehead atoms. The molecule has 0 fully saturated rings. The van der Waals surface area contributed by atoms with Gasteiger partial charge in [0.05, 0.1) is 5.56 Å². The highest BCUT2D eigenvalue weighted by Gasteiger charge is 2.19. The average molecular weight is 257 g/mol. The number of amides is 1. The number of aromatic nitrogens is 1. The van der Waals surface area contributed by atoms with Gasteiger partial charge < -0.3 is 10.4 Å². The second-order valence-corrected chi connectivity index (χ2v) is 3.91. The second-order valence-electron chi connectivity index (χ2n) is 3.52. The van der Waals surface area contributed by atoms with E-state index >= 15 is 0 Å². The van der Waals surface area contributed by atoms with Crippen LogP contribution < -0.4 is 5.32 Å². The summed E-state index contributed by atoms with van der Waals surface area (Å²) in [4.78, 5) is 26.3. The van der Waals surface area contributed by atoms with Crippen molar-refractivity contribution in [3.63, 3.8) is 0 Å². The monoisotopic (exact) mass is 256 g/mol. The molecule has 1 atom stereocenters. The van der Waals surface area contributed by atoms with Gasteiger partial charge in [-0.05, 0) is 18.6 Å². The predicted molar refractivity (Wildman–Crippen MR) is 63.0 cm³/mol. The van der Waals surface area contributed by atoms with Crippen LogP contribution in [-0.2, 0) is 4.79 Å². The SMILES string of the molecule is CCCC(NC(=O)c1ccc(Cl)nc1)C(=O)O. The van der Waals surface area contributed by atoms with Gasteiger partial charge in [-0.1, -0.05) is 24.9 Å². The summed E-state index contributed by atoms with van der Waals surface area (Å²) in [5.74, 6) is -1.50. The normalized spacial score (nSPS) is 11.9. The summed E-state index contributed by atoms with van der Waals surface area (Å²) in [6, 6.07) is 2.10. The molecule has 0 saturated carbocycles. The molecule has 0 aliphatic rings. The Morgan fingerprint density at radius 1 is 1.53 bits per heavy atom. The van der Waals surface area contributed by atoms with Gasteiger partial charge in [-0.3, -0.25) is 4.79 Å². The van der Waals surface area contributed by atoms with Crippen molar-refractivity contribution in [3.05, 3.63) is 29.0 Å². The van der Waals surface area contributed by atoms with Crippen LogP contribution in [0, 0.1) is 0 Å². The Hall–Kier alpha value is -1.62. The molecule has 1 unspecified atom stereocenters. The van der Waals surface area contributed by atoms with E-state index in [1.54, 1.807) is 0 Å². The fraction of sp³-hybridized carbons (Fsp3) is 0.364. The number of carbonyl (C=O) groups is 2. The lowest BCUT2D eigenvalue weighted by molar-refractivity contribution is -0.139. The van der Waals surface area contributed by atoms with Crippen LogP contribution in [0.15, 0.2) is 18.3 Å². The third-order valence-electron chi connectivity index (χ3n) is 2.17. The summed E-state index contributed by atoms with van der Waals surface area (Å²) in [6.45, 7) is 1.85. The maximum absolute atomic E-state index is 11.7. The Morgan fingerprint density at radius 2 is 2.24 bits per heavy atom. The van der Waals surface area contributed by atoms with E-state index in [-0.39, 0.29) is 10.7 Å². The fourth-order valence-electron chi connectivity index (χ4n) is 1.30. The number of hydrogen-bond donors (Lipinski definition) is 2. The molecule has 1 rings (SSSR count). The van der Waals surface area contributed by atoms with Gasteiger partial charge in [-0.15, -0.1) is 0 Å². The highest BCUT2D eigenvalue weighted by atomic mass is 35.5. The number of carbonyl (C=O) groups excluding carboxylic acids is 1. The predicted octanol–water partition coefficient (Wildman–Crippen LogP) is 1.72. The first-order chi connectivity index (χ1) is 8.04. The van der Waals surface area contributed by atoms with Gasteiger partial charge in [0.25, 0.3) is 5.91 Å². The summed E-state index contributed by atoms with van der Waals surface area (Å²) in [7, 11) is 0. The number of pyridine rings is 1. The van der Waals surface area contributed by atoms with Gasteiger partial charge in [0, 0.05) is 6.20 Å². The lowest BCUT2D eigenvalue weighted by Crippen LogP contribution is -2.40. The summed E-state index contributed by atoms with van der Waals surface area (Å²) in [5.41, 5.74) is 0.289. The van der Waals surface area contributed by atoms with Gasteiger partial charge >= 0.3 is 5.97 Å². The molecule has 5 nitrogen and oxygen atoms in total. The number of hydrogen-bond acceptors (Lipinski definition) is 3. The number of aliphatic carboxylic acids is 1. The molecule has 1 amide bonds. The smallest absolute Gasteiger partial charge is 0.326 e. The molecule has 1 heterocycles. The summed E-state index contributed by atoms with van der Waals surface area (Å²) in [5, 5.41) is 11.6. The van der Waals surface area contributed by atoms with Crippen LogP contribution in [0.1, 0.15) is 30.1 Å². The van der Waals surface area contributed by atoms with Gasteiger partial charge in [-0.2, -0.15) is 0 Å². The molecular weight excluding hydrogens is 244 g/mol. The van der Waals surface area contributed by atoms with E-state index in [1.165, 1.54) is 18.3 Å². The van der Waals surface area contributed by atoms with Crippen molar-refractivity contribution in [1.29, 1.82) is 0 Å². The third kappa shape index (κ3) is 4.03. The number of rotatable bonds is 5. The van der Waals surface area contributed by atoms with E-state index in [4.69, 9.17) is 16.7 Å². The quantitative estimate of drug-likeness (QED) is 0.786. The van der Waals surface area contributed by atoms with Crippen LogP contribution in [0.2, 0.25) is 5.15 Å². The Balaban J connectivity index is 2.70. The molecule has 0 aliphatic carbocycles. The number of carboxylic acid groups (broad SMARTS) is 1. The van der Waals surface area contributed by atoms with E-state index in [1.807, 2.05) is 6.92 Å². The summed E-state index contributed by atoms with van der Waals surface area (Å²) in [6.07, 6.45) is 2.38. The maximum atomic E-state index is 11.7. The number of halogens is 1. The average Bonchev–Trinajstić information content (AvgIpc) is 2.29. The Morgan fingerprint density at radius 3 is 2.71 bits per heavy atom. The molecule has 1 aromatic rings. The van der Waals surface area contributed by atoms with Crippen molar-refractivity contribution < 1.29 is 14.7 Å². The molecule has 6 heteroatoms.